The van der Waals surface area contributed by atoms with Crippen LogP contribution in [-0.2, 0) is 26.2 Å². The average molecular weight is 467 g/mol. The van der Waals surface area contributed by atoms with Gasteiger partial charge in [-0.3, -0.25) is 9.10 Å². The fourth-order valence-corrected chi connectivity index (χ4v) is 5.07. The Kier molecular flexibility index (Phi) is 6.96. The average Bonchev–Trinajstić information content (AvgIpc) is 2.84. The molecule has 0 fully saturated rings. The number of nitrogens with zero attached hydrogens (tertiary/aromatic N) is 1. The standard InChI is InChI=1S/C25H26N2O5S/c1-19-12-13-22-23(16-19)32-24(17-27(22)33(29,30)21-10-6-3-7-11-21)25(28)26-14-15-31-18-20-8-4-2-5-9-20/h2-13,16,24H,14-15,17-18H2,1H3,(H,26,28). The molecule has 1 aliphatic rings. The molecule has 0 saturated carbocycles. The van der Waals surface area contributed by atoms with Crippen molar-refractivity contribution in [2.45, 2.75) is 24.5 Å². The second kappa shape index (κ2) is 10.1. The molecule has 0 aliphatic carbocycles. The Balaban J connectivity index is 1.44. The summed E-state index contributed by atoms with van der Waals surface area (Å²) in [7, 11) is -3.87. The number of aryl methyl sites for hydroxylation is 1. The van der Waals surface area contributed by atoms with Crippen LogP contribution in [0.1, 0.15) is 11.1 Å². The SMILES string of the molecule is Cc1ccc2c(c1)OC(C(=O)NCCOCc1ccccc1)CN2S(=O)(=O)c1ccccc1. The molecule has 33 heavy (non-hydrogen) atoms. The van der Waals surface area contributed by atoms with Crippen molar-refractivity contribution in [1.82, 2.24) is 5.32 Å². The first-order valence-corrected chi connectivity index (χ1v) is 12.1. The van der Waals surface area contributed by atoms with Crippen molar-refractivity contribution in [3.63, 3.8) is 0 Å². The quantitative estimate of drug-likeness (QED) is 0.515. The lowest BCUT2D eigenvalue weighted by molar-refractivity contribution is -0.128. The van der Waals surface area contributed by atoms with Gasteiger partial charge in [0.15, 0.2) is 6.10 Å². The minimum atomic E-state index is -3.87. The van der Waals surface area contributed by atoms with Crippen molar-refractivity contribution in [3.8, 4) is 5.75 Å². The van der Waals surface area contributed by atoms with Crippen LogP contribution >= 0.6 is 0 Å². The van der Waals surface area contributed by atoms with Crippen LogP contribution in [0.5, 0.6) is 5.75 Å². The van der Waals surface area contributed by atoms with Crippen LogP contribution in [0.15, 0.2) is 83.8 Å². The van der Waals surface area contributed by atoms with E-state index >= 15 is 0 Å². The number of nitrogens with one attached hydrogen (secondary N) is 1. The third-order valence-electron chi connectivity index (χ3n) is 5.27. The summed E-state index contributed by atoms with van der Waals surface area (Å²) in [6.07, 6.45) is -0.980. The molecule has 8 heteroatoms. The number of anilines is 1. The Bertz CT molecular complexity index is 1200. The summed E-state index contributed by atoms with van der Waals surface area (Å²) >= 11 is 0. The molecule has 1 unspecified atom stereocenters. The van der Waals surface area contributed by atoms with E-state index in [4.69, 9.17) is 9.47 Å². The lowest BCUT2D eigenvalue weighted by atomic mass is 10.1. The molecular weight excluding hydrogens is 440 g/mol. The maximum absolute atomic E-state index is 13.4. The Labute approximate surface area is 194 Å². The monoisotopic (exact) mass is 466 g/mol. The minimum Gasteiger partial charge on any atom is -0.476 e. The predicted octanol–water partition coefficient (Wildman–Crippen LogP) is 3.28. The fourth-order valence-electron chi connectivity index (χ4n) is 3.57. The van der Waals surface area contributed by atoms with Gasteiger partial charge in [-0.15, -0.1) is 0 Å². The summed E-state index contributed by atoms with van der Waals surface area (Å²) in [6.45, 7) is 2.83. The molecular formula is C25H26N2O5S. The smallest absolute Gasteiger partial charge is 0.264 e. The predicted molar refractivity (Wildman–Crippen MR) is 126 cm³/mol. The van der Waals surface area contributed by atoms with Crippen LogP contribution in [0.25, 0.3) is 0 Å². The molecule has 7 nitrogen and oxygen atoms in total. The van der Waals surface area contributed by atoms with Gasteiger partial charge in [0.1, 0.15) is 5.75 Å². The second-order valence-electron chi connectivity index (χ2n) is 7.76. The molecule has 0 aromatic heterocycles. The summed E-state index contributed by atoms with van der Waals surface area (Å²) in [6, 6.07) is 23.2. The van der Waals surface area contributed by atoms with Gasteiger partial charge in [-0.2, -0.15) is 0 Å². The molecule has 1 atom stereocenters. The van der Waals surface area contributed by atoms with E-state index in [0.717, 1.165) is 11.1 Å². The Morgan fingerprint density at radius 2 is 1.76 bits per heavy atom. The van der Waals surface area contributed by atoms with Gasteiger partial charge in [-0.25, -0.2) is 8.42 Å². The van der Waals surface area contributed by atoms with Crippen molar-refractivity contribution in [1.29, 1.82) is 0 Å². The number of amides is 1. The molecule has 0 saturated heterocycles. The van der Waals surface area contributed by atoms with E-state index in [0.29, 0.717) is 24.7 Å². The van der Waals surface area contributed by atoms with Crippen LogP contribution in [-0.4, -0.2) is 40.1 Å². The Morgan fingerprint density at radius 1 is 1.06 bits per heavy atom. The van der Waals surface area contributed by atoms with Gasteiger partial charge in [0.2, 0.25) is 0 Å². The van der Waals surface area contributed by atoms with Crippen LogP contribution in [0.4, 0.5) is 5.69 Å². The number of carbonyl (C=O) groups is 1. The van der Waals surface area contributed by atoms with E-state index < -0.39 is 22.0 Å². The molecule has 1 N–H and O–H groups in total. The third kappa shape index (κ3) is 5.35. The highest BCUT2D eigenvalue weighted by atomic mass is 32.2. The molecule has 3 aromatic carbocycles. The number of hydrogen-bond donors (Lipinski definition) is 1. The number of ether oxygens (including phenoxy) is 2. The van der Waals surface area contributed by atoms with Crippen molar-refractivity contribution in [3.05, 3.63) is 90.0 Å². The topological polar surface area (TPSA) is 84.9 Å². The van der Waals surface area contributed by atoms with Crippen LogP contribution in [0.2, 0.25) is 0 Å². The summed E-state index contributed by atoms with van der Waals surface area (Å²) in [4.78, 5) is 13.0. The first-order chi connectivity index (χ1) is 15.9. The number of sulfonamides is 1. The molecule has 0 radical (unpaired) electrons. The minimum absolute atomic E-state index is 0.121. The second-order valence-corrected chi connectivity index (χ2v) is 9.62. The molecule has 1 heterocycles. The number of hydrogen-bond acceptors (Lipinski definition) is 5. The fraction of sp³-hybridized carbons (Fsp3) is 0.240. The van der Waals surface area contributed by atoms with E-state index in [1.54, 1.807) is 30.3 Å². The van der Waals surface area contributed by atoms with E-state index in [1.807, 2.05) is 43.3 Å². The number of rotatable bonds is 8. The highest BCUT2D eigenvalue weighted by Gasteiger charge is 2.37. The van der Waals surface area contributed by atoms with Gasteiger partial charge in [-0.05, 0) is 42.3 Å². The first-order valence-electron chi connectivity index (χ1n) is 10.7. The maximum atomic E-state index is 13.4. The Hall–Kier alpha value is -3.36. The molecule has 172 valence electrons. The van der Waals surface area contributed by atoms with Gasteiger partial charge in [0.05, 0.1) is 30.3 Å². The number of benzene rings is 3. The van der Waals surface area contributed by atoms with E-state index in [2.05, 4.69) is 5.32 Å². The van der Waals surface area contributed by atoms with Crippen LogP contribution in [0.3, 0.4) is 0 Å². The zero-order valence-corrected chi connectivity index (χ0v) is 19.1. The third-order valence-corrected chi connectivity index (χ3v) is 7.06. The van der Waals surface area contributed by atoms with Gasteiger partial charge >= 0.3 is 0 Å². The van der Waals surface area contributed by atoms with Crippen LogP contribution < -0.4 is 14.4 Å². The largest absolute Gasteiger partial charge is 0.476 e. The molecule has 3 aromatic rings. The van der Waals surface area contributed by atoms with Crippen LogP contribution in [0, 0.1) is 6.92 Å². The zero-order chi connectivity index (χ0) is 23.3. The summed E-state index contributed by atoms with van der Waals surface area (Å²) in [5, 5.41) is 2.79. The molecule has 0 bridgehead atoms. The van der Waals surface area contributed by atoms with Gasteiger partial charge in [0.25, 0.3) is 15.9 Å². The van der Waals surface area contributed by atoms with E-state index in [1.165, 1.54) is 16.4 Å². The van der Waals surface area contributed by atoms with Gasteiger partial charge in [-0.1, -0.05) is 54.6 Å². The summed E-state index contributed by atoms with van der Waals surface area (Å²) in [5.41, 5.74) is 2.37. The molecule has 0 spiro atoms. The maximum Gasteiger partial charge on any atom is 0.264 e. The van der Waals surface area contributed by atoms with Crippen molar-refractivity contribution in [2.75, 3.05) is 24.0 Å². The van der Waals surface area contributed by atoms with Crippen molar-refractivity contribution >= 4 is 21.6 Å². The molecule has 1 aliphatic heterocycles. The van der Waals surface area contributed by atoms with E-state index in [9.17, 15) is 13.2 Å². The van der Waals surface area contributed by atoms with Gasteiger partial charge in [0, 0.05) is 6.54 Å². The normalized spacial score (nSPS) is 15.4. The molecule has 1 amide bonds. The zero-order valence-electron chi connectivity index (χ0n) is 18.3. The number of carbonyl (C=O) groups excluding carboxylic acids is 1. The lowest BCUT2D eigenvalue weighted by Gasteiger charge is -2.35. The van der Waals surface area contributed by atoms with Gasteiger partial charge < -0.3 is 14.8 Å². The van der Waals surface area contributed by atoms with E-state index in [-0.39, 0.29) is 18.0 Å². The highest BCUT2D eigenvalue weighted by molar-refractivity contribution is 7.92. The lowest BCUT2D eigenvalue weighted by Crippen LogP contribution is -2.51. The summed E-state index contributed by atoms with van der Waals surface area (Å²) in [5.74, 6) is -0.0278. The Morgan fingerprint density at radius 3 is 2.48 bits per heavy atom. The molecule has 4 rings (SSSR count). The van der Waals surface area contributed by atoms with Crippen molar-refractivity contribution < 1.29 is 22.7 Å². The number of fused-ring (bicyclic) bond motifs is 1. The first kappa shape index (κ1) is 22.8. The summed E-state index contributed by atoms with van der Waals surface area (Å²) < 4.78 is 39.5. The highest BCUT2D eigenvalue weighted by Crippen LogP contribution is 2.37. The van der Waals surface area contributed by atoms with Crippen molar-refractivity contribution in [2.24, 2.45) is 0 Å².